The second-order valence-electron chi connectivity index (χ2n) is 15.3. The third-order valence-electron chi connectivity index (χ3n) is 11.7. The van der Waals surface area contributed by atoms with Crippen molar-refractivity contribution in [3.8, 4) is 5.88 Å². The van der Waals surface area contributed by atoms with Crippen molar-refractivity contribution in [3.63, 3.8) is 0 Å². The number of carbonyl (C=O) groups is 3. The first-order chi connectivity index (χ1) is 27.7. The predicted octanol–water partition coefficient (Wildman–Crippen LogP) is 3.22. The number of pyridine rings is 1. The quantitative estimate of drug-likeness (QED) is 0.184. The van der Waals surface area contributed by atoms with Gasteiger partial charge in [-0.1, -0.05) is 12.1 Å². The molecular formula is C41H46FN11O4. The molecule has 0 saturated carbocycles. The number of imide groups is 1. The smallest absolute Gasteiger partial charge is 0.249 e. The van der Waals surface area contributed by atoms with E-state index in [-0.39, 0.29) is 30.0 Å². The van der Waals surface area contributed by atoms with E-state index in [1.54, 1.807) is 12.1 Å². The lowest BCUT2D eigenvalue weighted by atomic mass is 10.0. The molecule has 2 aromatic heterocycles. The van der Waals surface area contributed by atoms with Gasteiger partial charge in [-0.05, 0) is 61.2 Å². The van der Waals surface area contributed by atoms with Crippen molar-refractivity contribution < 1.29 is 23.5 Å². The van der Waals surface area contributed by atoms with Gasteiger partial charge in [0.25, 0.3) is 0 Å². The van der Waals surface area contributed by atoms with Crippen LogP contribution in [0.3, 0.4) is 0 Å². The van der Waals surface area contributed by atoms with E-state index in [1.165, 1.54) is 6.07 Å². The third-order valence-corrected chi connectivity index (χ3v) is 11.7. The monoisotopic (exact) mass is 775 g/mol. The highest BCUT2D eigenvalue weighted by atomic mass is 19.1. The zero-order chi connectivity index (χ0) is 39.0. The summed E-state index contributed by atoms with van der Waals surface area (Å²) in [4.78, 5) is 59.4. The Bertz CT molecular complexity index is 2190. The summed E-state index contributed by atoms with van der Waals surface area (Å²) in [7, 11) is 0. The third kappa shape index (κ3) is 7.73. The summed E-state index contributed by atoms with van der Waals surface area (Å²) < 4.78 is 20.8. The van der Waals surface area contributed by atoms with Crippen molar-refractivity contribution >= 4 is 52.1 Å². The molecule has 15 nitrogen and oxygen atoms in total. The number of carbonyl (C=O) groups excluding carboxylic acids is 3. The summed E-state index contributed by atoms with van der Waals surface area (Å²) in [6, 6.07) is 12.5. The van der Waals surface area contributed by atoms with E-state index >= 15 is 4.39 Å². The van der Waals surface area contributed by atoms with E-state index in [4.69, 9.17) is 9.72 Å². The average molecular weight is 776 g/mol. The lowest BCUT2D eigenvalue weighted by molar-refractivity contribution is -0.134. The predicted molar refractivity (Wildman–Crippen MR) is 214 cm³/mol. The van der Waals surface area contributed by atoms with E-state index < -0.39 is 6.04 Å². The number of aromatic nitrogens is 3. The zero-order valence-corrected chi connectivity index (χ0v) is 31.9. The average Bonchev–Trinajstić information content (AvgIpc) is 3.20. The van der Waals surface area contributed by atoms with Crippen LogP contribution in [0.5, 0.6) is 5.88 Å². The molecule has 5 aliphatic rings. The van der Waals surface area contributed by atoms with Gasteiger partial charge < -0.3 is 35.4 Å². The molecule has 0 radical (unpaired) electrons. The molecule has 9 rings (SSSR count). The number of nitrogens with one attached hydrogen (secondary N) is 4. The number of halogens is 1. The van der Waals surface area contributed by atoms with Gasteiger partial charge in [0, 0.05) is 88.0 Å². The van der Waals surface area contributed by atoms with Crippen LogP contribution in [0.15, 0.2) is 54.9 Å². The number of nitrogens with zero attached hydrogens (tertiary/aromatic N) is 7. The van der Waals surface area contributed by atoms with Crippen LogP contribution in [0.4, 0.5) is 38.8 Å². The first-order valence-electron chi connectivity index (χ1n) is 19.7. The topological polar surface area (TPSA) is 160 Å². The Hall–Kier alpha value is -6.03. The number of amides is 3. The highest BCUT2D eigenvalue weighted by Crippen LogP contribution is 2.36. The Balaban J connectivity index is 0.728. The number of piperazine rings is 1. The number of hydrogen-bond donors (Lipinski definition) is 4. The van der Waals surface area contributed by atoms with Crippen LogP contribution in [-0.2, 0) is 33.8 Å². The van der Waals surface area contributed by atoms with Gasteiger partial charge in [-0.15, -0.1) is 0 Å². The second kappa shape index (κ2) is 15.5. The number of benzene rings is 2. The van der Waals surface area contributed by atoms with Gasteiger partial charge in [0.05, 0.1) is 36.2 Å². The molecule has 1 atom stereocenters. The molecule has 3 fully saturated rings. The van der Waals surface area contributed by atoms with Gasteiger partial charge in [-0.25, -0.2) is 19.3 Å². The summed E-state index contributed by atoms with van der Waals surface area (Å²) in [6.07, 6.45) is 5.61. The van der Waals surface area contributed by atoms with Gasteiger partial charge in [-0.2, -0.15) is 0 Å². The Morgan fingerprint density at radius 3 is 2.54 bits per heavy atom. The van der Waals surface area contributed by atoms with Crippen molar-refractivity contribution in [3.05, 3.63) is 83.1 Å². The largest absolute Gasteiger partial charge is 0.474 e. The Labute approximate surface area is 330 Å². The molecule has 57 heavy (non-hydrogen) atoms. The van der Waals surface area contributed by atoms with E-state index in [9.17, 15) is 14.4 Å². The Morgan fingerprint density at radius 2 is 1.75 bits per heavy atom. The van der Waals surface area contributed by atoms with Crippen molar-refractivity contribution in [2.45, 2.75) is 51.2 Å². The highest BCUT2D eigenvalue weighted by Gasteiger charge is 2.36. The molecule has 5 aliphatic heterocycles. The number of piperidine rings is 1. The summed E-state index contributed by atoms with van der Waals surface area (Å²) >= 11 is 0. The maximum absolute atomic E-state index is 15.1. The minimum atomic E-state index is -0.561. The van der Waals surface area contributed by atoms with Crippen LogP contribution in [-0.4, -0.2) is 114 Å². The Kier molecular flexibility index (Phi) is 9.94. The van der Waals surface area contributed by atoms with Crippen molar-refractivity contribution in [1.29, 1.82) is 0 Å². The Morgan fingerprint density at radius 1 is 0.947 bits per heavy atom. The fourth-order valence-electron chi connectivity index (χ4n) is 8.33. The van der Waals surface area contributed by atoms with Crippen molar-refractivity contribution in [1.82, 2.24) is 30.1 Å². The molecule has 1 unspecified atom stereocenters. The van der Waals surface area contributed by atoms with E-state index in [0.29, 0.717) is 81.4 Å². The van der Waals surface area contributed by atoms with E-state index in [1.807, 2.05) is 46.5 Å². The molecule has 3 amide bonds. The van der Waals surface area contributed by atoms with Crippen LogP contribution in [0.25, 0.3) is 0 Å². The zero-order valence-electron chi connectivity index (χ0n) is 31.9. The highest BCUT2D eigenvalue weighted by molar-refractivity contribution is 6.01. The lowest BCUT2D eigenvalue weighted by Gasteiger charge is -2.49. The summed E-state index contributed by atoms with van der Waals surface area (Å²) in [5.41, 5.74) is 8.12. The summed E-state index contributed by atoms with van der Waals surface area (Å²) in [5, 5.41) is 12.1. The minimum absolute atomic E-state index is 0.105. The van der Waals surface area contributed by atoms with Gasteiger partial charge in [0.2, 0.25) is 29.5 Å². The molecule has 2 aromatic carbocycles. The number of hydrogen-bond acceptors (Lipinski definition) is 13. The van der Waals surface area contributed by atoms with Crippen molar-refractivity contribution in [2.24, 2.45) is 0 Å². The summed E-state index contributed by atoms with van der Waals surface area (Å²) in [5.74, 6) is 0.268. The summed E-state index contributed by atoms with van der Waals surface area (Å²) in [6.45, 7) is 9.29. The molecule has 0 aliphatic carbocycles. The number of fused-ring (bicyclic) bond motifs is 2. The fraction of sp³-hybridized carbons (Fsp3) is 0.415. The van der Waals surface area contributed by atoms with Crippen LogP contribution in [0.1, 0.15) is 35.2 Å². The fourth-order valence-corrected chi connectivity index (χ4v) is 8.33. The van der Waals surface area contributed by atoms with E-state index in [2.05, 4.69) is 48.0 Å². The molecule has 0 spiro atoms. The molecule has 3 saturated heterocycles. The minimum Gasteiger partial charge on any atom is -0.474 e. The maximum Gasteiger partial charge on any atom is 0.249 e. The first-order valence-corrected chi connectivity index (χ1v) is 19.7. The molecule has 296 valence electrons. The molecule has 7 heterocycles. The van der Waals surface area contributed by atoms with Crippen molar-refractivity contribution in [2.75, 3.05) is 84.7 Å². The maximum atomic E-state index is 15.1. The second-order valence-corrected chi connectivity index (χ2v) is 15.3. The molecular weight excluding hydrogens is 730 g/mol. The lowest BCUT2D eigenvalue weighted by Crippen LogP contribution is -2.63. The van der Waals surface area contributed by atoms with Gasteiger partial charge in [0.1, 0.15) is 24.2 Å². The van der Waals surface area contributed by atoms with Crippen LogP contribution in [0.2, 0.25) is 0 Å². The standard InChI is InChI=1S/C41H46FN11O4/c1-25-35(21-44-40-38(25)43-11-17-57-40)52-12-10-27-20-45-41(48-33(27)24-52)47-28-4-2-26(3-5-28)18-37(55)51-15-13-50(14-16-51)30-22-53(23-30)34-8-6-29(19-31(34)42)46-32-7-9-36(54)49-39(32)56/h2-6,8,19-21,30,32,43,46H,7,9-18,22-24H2,1H3,(H,45,47,48)(H,49,54,56). The number of ether oxygens (including phenoxy) is 1. The molecule has 16 heteroatoms. The van der Waals surface area contributed by atoms with Gasteiger partial charge >= 0.3 is 0 Å². The van der Waals surface area contributed by atoms with Crippen LogP contribution < -0.4 is 35.8 Å². The molecule has 4 aromatic rings. The normalized spacial score (nSPS) is 19.8. The molecule has 0 bridgehead atoms. The van der Waals surface area contributed by atoms with E-state index in [0.717, 1.165) is 72.0 Å². The van der Waals surface area contributed by atoms with Gasteiger partial charge in [0.15, 0.2) is 0 Å². The molecule has 4 N–H and O–H groups in total. The number of anilines is 6. The number of rotatable bonds is 9. The van der Waals surface area contributed by atoms with Crippen LogP contribution >= 0.6 is 0 Å². The van der Waals surface area contributed by atoms with Crippen LogP contribution in [0, 0.1) is 12.7 Å². The first kappa shape index (κ1) is 36.6. The SMILES string of the molecule is Cc1c(N2CCc3cnc(Nc4ccc(CC(=O)N5CCN(C6CN(c7ccc(NC8CCC(=O)NC8=O)cc7F)C6)CC5)cc4)nc3C2)cnc2c1NCCO2. The van der Waals surface area contributed by atoms with Gasteiger partial charge in [-0.3, -0.25) is 24.6 Å².